The van der Waals surface area contributed by atoms with Gasteiger partial charge in [0.2, 0.25) is 0 Å². The lowest BCUT2D eigenvalue weighted by atomic mass is 9.96. The second-order valence-corrected chi connectivity index (χ2v) is 4.65. The predicted octanol–water partition coefficient (Wildman–Crippen LogP) is 2.87. The van der Waals surface area contributed by atoms with Crippen molar-refractivity contribution in [3.63, 3.8) is 0 Å². The quantitative estimate of drug-likeness (QED) is 0.742. The Morgan fingerprint density at radius 3 is 2.70 bits per heavy atom. The number of aromatic hydroxyl groups is 1. The van der Waals surface area contributed by atoms with Gasteiger partial charge in [-0.2, -0.15) is 0 Å². The van der Waals surface area contributed by atoms with Crippen LogP contribution in [-0.2, 0) is 0 Å². The summed E-state index contributed by atoms with van der Waals surface area (Å²) in [5.41, 5.74) is -0.0508. The molecule has 0 saturated heterocycles. The monoisotopic (exact) mass is 272 g/mol. The van der Waals surface area contributed by atoms with Crippen molar-refractivity contribution in [1.29, 1.82) is 0 Å². The summed E-state index contributed by atoms with van der Waals surface area (Å²) in [6.07, 6.45) is 3.32. The van der Waals surface area contributed by atoms with Gasteiger partial charge >= 0.3 is 0 Å². The van der Waals surface area contributed by atoms with Gasteiger partial charge in [-0.1, -0.05) is 6.07 Å². The zero-order chi connectivity index (χ0) is 14.3. The molecule has 5 heteroatoms. The molecule has 0 saturated carbocycles. The third-order valence-electron chi connectivity index (χ3n) is 3.30. The molecule has 5 nitrogen and oxygen atoms in total. The minimum Gasteiger partial charge on any atom is -0.507 e. The van der Waals surface area contributed by atoms with Crippen molar-refractivity contribution in [2.75, 3.05) is 0 Å². The largest absolute Gasteiger partial charge is 0.507 e. The zero-order valence-corrected chi connectivity index (χ0v) is 10.4. The summed E-state index contributed by atoms with van der Waals surface area (Å²) in [6, 6.07) is 5.91. The third kappa shape index (κ3) is 1.93. The third-order valence-corrected chi connectivity index (χ3v) is 3.30. The number of rotatable bonds is 1. The molecule has 1 aromatic carbocycles. The minimum atomic E-state index is -0.342. The van der Waals surface area contributed by atoms with Crippen molar-refractivity contribution in [1.82, 2.24) is 0 Å². The number of aliphatic hydroxyl groups excluding tert-OH is 2. The highest BCUT2D eigenvalue weighted by Crippen LogP contribution is 2.30. The summed E-state index contributed by atoms with van der Waals surface area (Å²) in [6.45, 7) is 0. The number of fused-ring (bicyclic) bond motifs is 1. The molecule has 1 unspecified atom stereocenters. The summed E-state index contributed by atoms with van der Waals surface area (Å²) in [4.78, 5) is 12.0. The first-order valence-corrected chi connectivity index (χ1v) is 6.12. The van der Waals surface area contributed by atoms with E-state index in [1.165, 1.54) is 24.3 Å². The molecule has 0 amide bonds. The lowest BCUT2D eigenvalue weighted by Crippen LogP contribution is -2.08. The molecule has 1 heterocycles. The van der Waals surface area contributed by atoms with Gasteiger partial charge in [0.05, 0.1) is 0 Å². The van der Waals surface area contributed by atoms with Crippen molar-refractivity contribution in [3.8, 4) is 5.75 Å². The first kappa shape index (κ1) is 12.3. The van der Waals surface area contributed by atoms with Crippen LogP contribution in [0.5, 0.6) is 5.75 Å². The molecule has 1 aliphatic carbocycles. The second-order valence-electron chi connectivity index (χ2n) is 4.65. The fourth-order valence-electron chi connectivity index (χ4n) is 2.28. The van der Waals surface area contributed by atoms with Gasteiger partial charge in [0.1, 0.15) is 22.5 Å². The number of phenols is 1. The minimum absolute atomic E-state index is 0.123. The van der Waals surface area contributed by atoms with Crippen molar-refractivity contribution in [2.45, 2.75) is 12.3 Å². The highest BCUT2D eigenvalue weighted by atomic mass is 16.3. The summed E-state index contributed by atoms with van der Waals surface area (Å²) < 4.78 is 5.62. The summed E-state index contributed by atoms with van der Waals surface area (Å²) in [7, 11) is 0. The van der Waals surface area contributed by atoms with Gasteiger partial charge < -0.3 is 19.7 Å². The fraction of sp³-hybridized carbons (Fsp3) is 0.133. The molecular weight excluding hydrogens is 260 g/mol. The Hall–Kier alpha value is -2.69. The molecule has 20 heavy (non-hydrogen) atoms. The maximum Gasteiger partial charge on any atom is 0.196 e. The Kier molecular flexibility index (Phi) is 2.75. The molecule has 1 atom stereocenters. The van der Waals surface area contributed by atoms with E-state index in [1.54, 1.807) is 12.1 Å². The Morgan fingerprint density at radius 1 is 1.15 bits per heavy atom. The first-order chi connectivity index (χ1) is 9.56. The Morgan fingerprint density at radius 2 is 1.95 bits per heavy atom. The Labute approximate surface area is 113 Å². The van der Waals surface area contributed by atoms with Crippen LogP contribution in [0.2, 0.25) is 0 Å². The SMILES string of the molecule is O=c1cc(C2C=C(O)C(O)=CC2)oc2cccc(O)c12. The second kappa shape index (κ2) is 4.45. The van der Waals surface area contributed by atoms with Crippen LogP contribution in [0.3, 0.4) is 0 Å². The van der Waals surface area contributed by atoms with Gasteiger partial charge in [-0.15, -0.1) is 0 Å². The molecule has 1 aromatic heterocycles. The average molecular weight is 272 g/mol. The van der Waals surface area contributed by atoms with E-state index in [9.17, 15) is 20.1 Å². The molecule has 0 fully saturated rings. The van der Waals surface area contributed by atoms with Crippen LogP contribution in [0.1, 0.15) is 18.1 Å². The van der Waals surface area contributed by atoms with Crippen molar-refractivity contribution in [3.05, 3.63) is 63.9 Å². The van der Waals surface area contributed by atoms with Crippen LogP contribution in [0.15, 0.2) is 57.1 Å². The zero-order valence-electron chi connectivity index (χ0n) is 10.4. The summed E-state index contributed by atoms with van der Waals surface area (Å²) >= 11 is 0. The molecule has 0 spiro atoms. The summed E-state index contributed by atoms with van der Waals surface area (Å²) in [5.74, 6) is -0.488. The number of phenolic OH excluding ortho intramolecular Hbond substituents is 1. The highest BCUT2D eigenvalue weighted by molar-refractivity contribution is 5.82. The van der Waals surface area contributed by atoms with Gasteiger partial charge in [-0.05, 0) is 30.7 Å². The number of allylic oxidation sites excluding steroid dienone is 2. The average Bonchev–Trinajstić information content (AvgIpc) is 2.41. The van der Waals surface area contributed by atoms with E-state index in [4.69, 9.17) is 4.42 Å². The molecule has 102 valence electrons. The molecule has 3 rings (SSSR count). The number of aliphatic hydroxyl groups is 2. The van der Waals surface area contributed by atoms with Crippen LogP contribution in [0.25, 0.3) is 11.0 Å². The van der Waals surface area contributed by atoms with E-state index in [-0.39, 0.29) is 34.0 Å². The molecule has 3 N–H and O–H groups in total. The van der Waals surface area contributed by atoms with Crippen LogP contribution >= 0.6 is 0 Å². The van der Waals surface area contributed by atoms with Crippen LogP contribution in [0, 0.1) is 0 Å². The lowest BCUT2D eigenvalue weighted by Gasteiger charge is -2.15. The fourth-order valence-corrected chi connectivity index (χ4v) is 2.28. The Bertz CT molecular complexity index is 798. The van der Waals surface area contributed by atoms with Gasteiger partial charge in [-0.25, -0.2) is 0 Å². The Balaban J connectivity index is 2.13. The topological polar surface area (TPSA) is 90.9 Å². The van der Waals surface area contributed by atoms with Gasteiger partial charge in [0.15, 0.2) is 16.9 Å². The van der Waals surface area contributed by atoms with Crippen molar-refractivity contribution < 1.29 is 19.7 Å². The van der Waals surface area contributed by atoms with E-state index in [1.807, 2.05) is 0 Å². The number of hydrogen-bond acceptors (Lipinski definition) is 5. The van der Waals surface area contributed by atoms with E-state index >= 15 is 0 Å². The number of benzene rings is 1. The molecule has 1 aliphatic rings. The molecule has 0 aliphatic heterocycles. The lowest BCUT2D eigenvalue weighted by molar-refractivity contribution is 0.315. The maximum atomic E-state index is 12.0. The first-order valence-electron chi connectivity index (χ1n) is 6.12. The highest BCUT2D eigenvalue weighted by Gasteiger charge is 2.20. The standard InChI is InChI=1S/C15H12O5/c16-9-5-4-8(6-11(9)18)14-7-12(19)15-10(17)2-1-3-13(15)20-14/h1-3,5-8,16-18H,4H2. The van der Waals surface area contributed by atoms with Crippen molar-refractivity contribution >= 4 is 11.0 Å². The van der Waals surface area contributed by atoms with Gasteiger partial charge in [0, 0.05) is 12.0 Å². The van der Waals surface area contributed by atoms with Crippen LogP contribution in [-0.4, -0.2) is 15.3 Å². The van der Waals surface area contributed by atoms with Gasteiger partial charge in [0.25, 0.3) is 0 Å². The number of hydrogen-bond donors (Lipinski definition) is 3. The van der Waals surface area contributed by atoms with E-state index in [0.29, 0.717) is 17.8 Å². The smallest absolute Gasteiger partial charge is 0.196 e. The molecule has 2 aromatic rings. The van der Waals surface area contributed by atoms with E-state index in [0.717, 1.165) is 0 Å². The molecular formula is C15H12O5. The molecule has 0 bridgehead atoms. The molecule has 0 radical (unpaired) electrons. The van der Waals surface area contributed by atoms with Crippen LogP contribution in [0.4, 0.5) is 0 Å². The van der Waals surface area contributed by atoms with Gasteiger partial charge in [-0.3, -0.25) is 4.79 Å². The predicted molar refractivity (Wildman–Crippen MR) is 72.9 cm³/mol. The summed E-state index contributed by atoms with van der Waals surface area (Å²) in [5, 5.41) is 28.7. The van der Waals surface area contributed by atoms with Crippen LogP contribution < -0.4 is 5.43 Å². The van der Waals surface area contributed by atoms with E-state index in [2.05, 4.69) is 0 Å². The maximum absolute atomic E-state index is 12.0. The van der Waals surface area contributed by atoms with E-state index < -0.39 is 0 Å². The normalized spacial score (nSPS) is 18.7. The van der Waals surface area contributed by atoms with Crippen molar-refractivity contribution in [2.24, 2.45) is 0 Å².